The standard InChI is InChI=1S/C13H20N2O2S2/c1-4-7-15(8-5-2)13(18)14-10-6-9-19-11(10)12(16)17-3/h6,9H,4-5,7-8H2,1-3H3,(H,14,18). The Morgan fingerprint density at radius 3 is 2.58 bits per heavy atom. The number of esters is 1. The number of thiophene rings is 1. The monoisotopic (exact) mass is 300 g/mol. The van der Waals surface area contributed by atoms with E-state index in [1.807, 2.05) is 11.4 Å². The second-order valence-electron chi connectivity index (χ2n) is 4.07. The van der Waals surface area contributed by atoms with Gasteiger partial charge < -0.3 is 15.0 Å². The third kappa shape index (κ3) is 4.47. The third-order valence-corrected chi connectivity index (χ3v) is 3.81. The molecule has 0 aliphatic heterocycles. The van der Waals surface area contributed by atoms with Gasteiger partial charge >= 0.3 is 5.97 Å². The van der Waals surface area contributed by atoms with Crippen molar-refractivity contribution < 1.29 is 9.53 Å². The maximum absolute atomic E-state index is 11.6. The Labute approximate surface area is 123 Å². The molecule has 0 amide bonds. The van der Waals surface area contributed by atoms with Crippen LogP contribution in [0.15, 0.2) is 11.4 Å². The molecule has 106 valence electrons. The average Bonchev–Trinajstić information content (AvgIpc) is 2.85. The van der Waals surface area contributed by atoms with Crippen LogP contribution in [-0.2, 0) is 4.74 Å². The number of carbonyl (C=O) groups is 1. The number of rotatable bonds is 6. The van der Waals surface area contributed by atoms with Gasteiger partial charge in [0.15, 0.2) is 5.11 Å². The summed E-state index contributed by atoms with van der Waals surface area (Å²) in [6.07, 6.45) is 2.07. The maximum atomic E-state index is 11.6. The molecule has 0 saturated carbocycles. The summed E-state index contributed by atoms with van der Waals surface area (Å²) in [5.74, 6) is -0.335. The molecule has 0 aliphatic rings. The molecule has 0 saturated heterocycles. The summed E-state index contributed by atoms with van der Waals surface area (Å²) >= 11 is 6.75. The van der Waals surface area contributed by atoms with Crippen LogP contribution in [0.2, 0.25) is 0 Å². The van der Waals surface area contributed by atoms with Crippen molar-refractivity contribution in [2.75, 3.05) is 25.5 Å². The van der Waals surface area contributed by atoms with Gasteiger partial charge in [0.1, 0.15) is 4.88 Å². The van der Waals surface area contributed by atoms with Crippen LogP contribution in [0.25, 0.3) is 0 Å². The number of carbonyl (C=O) groups excluding carboxylic acids is 1. The van der Waals surface area contributed by atoms with Crippen molar-refractivity contribution in [1.29, 1.82) is 0 Å². The van der Waals surface area contributed by atoms with Crippen LogP contribution in [0.1, 0.15) is 36.4 Å². The van der Waals surface area contributed by atoms with E-state index in [1.165, 1.54) is 18.4 Å². The van der Waals surface area contributed by atoms with Gasteiger partial charge in [-0.25, -0.2) is 4.79 Å². The van der Waals surface area contributed by atoms with E-state index >= 15 is 0 Å². The van der Waals surface area contributed by atoms with Crippen LogP contribution in [0.4, 0.5) is 5.69 Å². The summed E-state index contributed by atoms with van der Waals surface area (Å²) in [6, 6.07) is 1.85. The van der Waals surface area contributed by atoms with Crippen LogP contribution < -0.4 is 5.32 Å². The van der Waals surface area contributed by atoms with Gasteiger partial charge in [-0.2, -0.15) is 0 Å². The minimum Gasteiger partial charge on any atom is -0.465 e. The number of thiocarbonyl (C=S) groups is 1. The van der Waals surface area contributed by atoms with Crippen LogP contribution in [0, 0.1) is 0 Å². The lowest BCUT2D eigenvalue weighted by atomic mass is 10.3. The number of anilines is 1. The van der Waals surface area contributed by atoms with Gasteiger partial charge in [0.2, 0.25) is 0 Å². The molecule has 19 heavy (non-hydrogen) atoms. The van der Waals surface area contributed by atoms with Crippen molar-refractivity contribution in [3.8, 4) is 0 Å². The summed E-state index contributed by atoms with van der Waals surface area (Å²) in [5.41, 5.74) is 0.721. The van der Waals surface area contributed by atoms with Gasteiger partial charge in [-0.15, -0.1) is 11.3 Å². The highest BCUT2D eigenvalue weighted by molar-refractivity contribution is 7.80. The SMILES string of the molecule is CCCN(CCC)C(=S)Nc1ccsc1C(=O)OC. The molecular weight excluding hydrogens is 280 g/mol. The minimum absolute atomic E-state index is 0.335. The molecule has 1 rings (SSSR count). The Balaban J connectivity index is 2.75. The second kappa shape index (κ2) is 8.12. The van der Waals surface area contributed by atoms with Crippen molar-refractivity contribution in [2.24, 2.45) is 0 Å². The van der Waals surface area contributed by atoms with E-state index in [0.717, 1.165) is 31.6 Å². The molecule has 0 aromatic carbocycles. The first-order valence-electron chi connectivity index (χ1n) is 6.35. The highest BCUT2D eigenvalue weighted by Gasteiger charge is 2.16. The predicted molar refractivity (Wildman–Crippen MR) is 84.0 cm³/mol. The quantitative estimate of drug-likeness (QED) is 0.644. The van der Waals surface area contributed by atoms with Gasteiger partial charge in [-0.05, 0) is 36.5 Å². The molecule has 0 aliphatic carbocycles. The van der Waals surface area contributed by atoms with Crippen molar-refractivity contribution in [3.05, 3.63) is 16.3 Å². The lowest BCUT2D eigenvalue weighted by Gasteiger charge is -2.24. The molecule has 0 spiro atoms. The molecule has 1 aromatic rings. The van der Waals surface area contributed by atoms with E-state index < -0.39 is 0 Å². The molecular formula is C13H20N2O2S2. The van der Waals surface area contributed by atoms with E-state index in [4.69, 9.17) is 17.0 Å². The number of ether oxygens (including phenoxy) is 1. The zero-order valence-electron chi connectivity index (χ0n) is 11.6. The van der Waals surface area contributed by atoms with E-state index in [2.05, 4.69) is 24.1 Å². The fourth-order valence-corrected chi connectivity index (χ4v) is 2.77. The van der Waals surface area contributed by atoms with E-state index in [1.54, 1.807) is 0 Å². The van der Waals surface area contributed by atoms with E-state index in [9.17, 15) is 4.79 Å². The normalized spacial score (nSPS) is 10.1. The fraction of sp³-hybridized carbons (Fsp3) is 0.538. The maximum Gasteiger partial charge on any atom is 0.350 e. The first kappa shape index (κ1) is 15.9. The zero-order valence-corrected chi connectivity index (χ0v) is 13.2. The van der Waals surface area contributed by atoms with Gasteiger partial charge in [-0.3, -0.25) is 0 Å². The number of nitrogens with zero attached hydrogens (tertiary/aromatic N) is 1. The van der Waals surface area contributed by atoms with E-state index in [-0.39, 0.29) is 5.97 Å². The highest BCUT2D eigenvalue weighted by atomic mass is 32.1. The molecule has 1 heterocycles. The predicted octanol–water partition coefficient (Wildman–Crippen LogP) is 3.35. The largest absolute Gasteiger partial charge is 0.465 e. The Morgan fingerprint density at radius 1 is 1.42 bits per heavy atom. The van der Waals surface area contributed by atoms with Crippen LogP contribution in [-0.4, -0.2) is 36.2 Å². The molecule has 1 N–H and O–H groups in total. The first-order chi connectivity index (χ1) is 9.13. The van der Waals surface area contributed by atoms with Gasteiger partial charge in [-0.1, -0.05) is 13.8 Å². The van der Waals surface area contributed by atoms with Gasteiger partial charge in [0.05, 0.1) is 12.8 Å². The topological polar surface area (TPSA) is 41.6 Å². The van der Waals surface area contributed by atoms with Crippen molar-refractivity contribution >= 4 is 40.3 Å². The smallest absolute Gasteiger partial charge is 0.350 e. The van der Waals surface area contributed by atoms with Crippen molar-refractivity contribution in [3.63, 3.8) is 0 Å². The highest BCUT2D eigenvalue weighted by Crippen LogP contribution is 2.23. The van der Waals surface area contributed by atoms with Gasteiger partial charge in [0, 0.05) is 13.1 Å². The number of hydrogen-bond acceptors (Lipinski definition) is 4. The Bertz CT molecular complexity index is 426. The number of hydrogen-bond donors (Lipinski definition) is 1. The summed E-state index contributed by atoms with van der Waals surface area (Å²) < 4.78 is 4.75. The van der Waals surface area contributed by atoms with Crippen molar-refractivity contribution in [1.82, 2.24) is 4.90 Å². The summed E-state index contributed by atoms with van der Waals surface area (Å²) in [7, 11) is 1.38. The van der Waals surface area contributed by atoms with Crippen LogP contribution in [0.5, 0.6) is 0 Å². The molecule has 0 bridgehead atoms. The molecule has 4 nitrogen and oxygen atoms in total. The lowest BCUT2D eigenvalue weighted by molar-refractivity contribution is 0.0607. The average molecular weight is 300 g/mol. The Kier molecular flexibility index (Phi) is 6.80. The molecule has 1 aromatic heterocycles. The fourth-order valence-electron chi connectivity index (χ4n) is 1.71. The van der Waals surface area contributed by atoms with Crippen molar-refractivity contribution in [2.45, 2.75) is 26.7 Å². The lowest BCUT2D eigenvalue weighted by Crippen LogP contribution is -2.36. The van der Waals surface area contributed by atoms with E-state index in [0.29, 0.717) is 9.99 Å². The minimum atomic E-state index is -0.335. The molecule has 0 radical (unpaired) electrons. The molecule has 6 heteroatoms. The molecule has 0 fully saturated rings. The summed E-state index contributed by atoms with van der Waals surface area (Å²) in [5, 5.41) is 5.65. The summed E-state index contributed by atoms with van der Waals surface area (Å²) in [4.78, 5) is 14.3. The Hall–Kier alpha value is -1.14. The molecule has 0 atom stereocenters. The van der Waals surface area contributed by atoms with Crippen LogP contribution >= 0.6 is 23.6 Å². The third-order valence-electron chi connectivity index (χ3n) is 2.55. The number of methoxy groups -OCH3 is 1. The number of nitrogens with one attached hydrogen (secondary N) is 1. The van der Waals surface area contributed by atoms with Crippen LogP contribution in [0.3, 0.4) is 0 Å². The van der Waals surface area contributed by atoms with Gasteiger partial charge in [0.25, 0.3) is 0 Å². The zero-order chi connectivity index (χ0) is 14.3. The first-order valence-corrected chi connectivity index (χ1v) is 7.64. The summed E-state index contributed by atoms with van der Waals surface area (Å²) in [6.45, 7) is 6.07. The second-order valence-corrected chi connectivity index (χ2v) is 5.37. The molecule has 0 unspecified atom stereocenters. The Morgan fingerprint density at radius 2 is 2.05 bits per heavy atom.